The average molecular weight is 268 g/mol. The molecule has 0 aliphatic heterocycles. The first-order valence-corrected chi connectivity index (χ1v) is 7.90. The number of hydrogen-bond donors (Lipinski definition) is 1. The van der Waals surface area contributed by atoms with E-state index in [1.807, 2.05) is 0 Å². The van der Waals surface area contributed by atoms with Gasteiger partial charge in [0.25, 0.3) is 0 Å². The van der Waals surface area contributed by atoms with Gasteiger partial charge in [-0.15, -0.1) is 11.6 Å². The summed E-state index contributed by atoms with van der Waals surface area (Å²) in [6.07, 6.45) is 2.32. The van der Waals surface area contributed by atoms with Crippen molar-refractivity contribution in [2.24, 2.45) is 5.41 Å². The molecule has 1 aliphatic rings. The molecule has 0 heterocycles. The Morgan fingerprint density at radius 1 is 1.31 bits per heavy atom. The second kappa shape index (κ2) is 4.83. The van der Waals surface area contributed by atoms with Crippen LogP contribution in [-0.2, 0) is 9.84 Å². The number of hydrogen-bond acceptors (Lipinski definition) is 3. The van der Waals surface area contributed by atoms with E-state index in [4.69, 9.17) is 11.6 Å². The summed E-state index contributed by atoms with van der Waals surface area (Å²) >= 11 is 5.84. The highest BCUT2D eigenvalue weighted by Gasteiger charge is 2.41. The molecule has 3 nitrogen and oxygen atoms in total. The van der Waals surface area contributed by atoms with E-state index >= 15 is 0 Å². The van der Waals surface area contributed by atoms with Crippen LogP contribution in [0.5, 0.6) is 0 Å². The minimum atomic E-state index is -3.00. The van der Waals surface area contributed by atoms with Gasteiger partial charge in [0.1, 0.15) is 0 Å². The Morgan fingerprint density at radius 3 is 2.25 bits per heavy atom. The molecule has 96 valence electrons. The van der Waals surface area contributed by atoms with Gasteiger partial charge in [0.15, 0.2) is 9.84 Å². The van der Waals surface area contributed by atoms with E-state index in [0.29, 0.717) is 12.4 Å². The van der Waals surface area contributed by atoms with Crippen molar-refractivity contribution in [3.8, 4) is 0 Å². The summed E-state index contributed by atoms with van der Waals surface area (Å²) < 4.78 is 22.9. The van der Waals surface area contributed by atoms with Gasteiger partial charge >= 0.3 is 0 Å². The Labute approximate surface area is 104 Å². The molecule has 1 aliphatic carbocycles. The molecule has 0 saturated heterocycles. The molecule has 0 spiro atoms. The van der Waals surface area contributed by atoms with Crippen LogP contribution in [-0.4, -0.2) is 37.9 Å². The first-order chi connectivity index (χ1) is 7.22. The Morgan fingerprint density at radius 2 is 1.88 bits per heavy atom. The fraction of sp³-hybridized carbons (Fsp3) is 1.00. The quantitative estimate of drug-likeness (QED) is 0.590. The smallest absolute Gasteiger partial charge is 0.156 e. The predicted octanol–water partition coefficient (Wildman–Crippen LogP) is 1.81. The van der Waals surface area contributed by atoms with Gasteiger partial charge in [0.05, 0.1) is 10.5 Å². The van der Waals surface area contributed by atoms with Gasteiger partial charge in [-0.05, 0) is 39.0 Å². The SMILES string of the molecule is CC(C)(C)S(=O)(=O)CCNCC1(CCl)CC1. The van der Waals surface area contributed by atoms with E-state index in [1.54, 1.807) is 20.8 Å². The molecule has 16 heavy (non-hydrogen) atoms. The maximum absolute atomic E-state index is 11.8. The van der Waals surface area contributed by atoms with Crippen molar-refractivity contribution in [3.05, 3.63) is 0 Å². The second-order valence-electron chi connectivity index (χ2n) is 5.74. The minimum Gasteiger partial charge on any atom is -0.315 e. The standard InChI is InChI=1S/C11H22ClNO2S/c1-10(2,3)16(14,15)7-6-13-9-11(8-12)4-5-11/h13H,4-9H2,1-3H3. The first kappa shape index (κ1) is 14.3. The molecular formula is C11H22ClNO2S. The van der Waals surface area contributed by atoms with Crippen LogP contribution in [0.3, 0.4) is 0 Å². The van der Waals surface area contributed by atoms with Crippen molar-refractivity contribution in [2.75, 3.05) is 24.7 Å². The highest BCUT2D eigenvalue weighted by atomic mass is 35.5. The number of alkyl halides is 1. The lowest BCUT2D eigenvalue weighted by molar-refractivity contribution is 0.510. The van der Waals surface area contributed by atoms with Crippen molar-refractivity contribution in [1.29, 1.82) is 0 Å². The Bertz CT molecular complexity index is 328. The monoisotopic (exact) mass is 267 g/mol. The van der Waals surface area contributed by atoms with Crippen LogP contribution < -0.4 is 5.32 Å². The Balaban J connectivity index is 2.26. The molecule has 5 heteroatoms. The summed E-state index contributed by atoms with van der Waals surface area (Å²) in [7, 11) is -3.00. The molecule has 0 aromatic rings. The highest BCUT2D eigenvalue weighted by Crippen LogP contribution is 2.45. The van der Waals surface area contributed by atoms with E-state index in [9.17, 15) is 8.42 Å². The number of nitrogens with one attached hydrogen (secondary N) is 1. The van der Waals surface area contributed by atoms with E-state index in [1.165, 1.54) is 0 Å². The summed E-state index contributed by atoms with van der Waals surface area (Å²) in [4.78, 5) is 0. The molecule has 1 saturated carbocycles. The van der Waals surface area contributed by atoms with Gasteiger partial charge in [-0.25, -0.2) is 8.42 Å². The molecule has 1 fully saturated rings. The normalized spacial score (nSPS) is 19.8. The van der Waals surface area contributed by atoms with Crippen molar-refractivity contribution in [3.63, 3.8) is 0 Å². The maximum Gasteiger partial charge on any atom is 0.156 e. The van der Waals surface area contributed by atoms with Crippen LogP contribution in [0, 0.1) is 5.41 Å². The number of sulfone groups is 1. The predicted molar refractivity (Wildman–Crippen MR) is 68.8 cm³/mol. The van der Waals surface area contributed by atoms with Crippen LogP contribution in [0.1, 0.15) is 33.6 Å². The topological polar surface area (TPSA) is 46.2 Å². The molecule has 0 bridgehead atoms. The van der Waals surface area contributed by atoms with Crippen LogP contribution >= 0.6 is 11.6 Å². The zero-order chi connectivity index (χ0) is 12.4. The van der Waals surface area contributed by atoms with E-state index in [2.05, 4.69) is 5.32 Å². The molecule has 0 atom stereocenters. The summed E-state index contributed by atoms with van der Waals surface area (Å²) in [5.74, 6) is 0.876. The largest absolute Gasteiger partial charge is 0.315 e. The van der Waals surface area contributed by atoms with Crippen LogP contribution in [0.25, 0.3) is 0 Å². The minimum absolute atomic E-state index is 0.203. The first-order valence-electron chi connectivity index (χ1n) is 5.71. The van der Waals surface area contributed by atoms with Crippen LogP contribution in [0.2, 0.25) is 0 Å². The zero-order valence-electron chi connectivity index (χ0n) is 10.3. The summed E-state index contributed by atoms with van der Waals surface area (Å²) in [6.45, 7) is 6.59. The van der Waals surface area contributed by atoms with Crippen LogP contribution in [0.4, 0.5) is 0 Å². The van der Waals surface area contributed by atoms with Gasteiger partial charge < -0.3 is 5.32 Å². The number of rotatable bonds is 6. The van der Waals surface area contributed by atoms with Crippen molar-refractivity contribution in [1.82, 2.24) is 5.32 Å². The van der Waals surface area contributed by atoms with Gasteiger partial charge in [-0.1, -0.05) is 0 Å². The number of halogens is 1. The lowest BCUT2D eigenvalue weighted by Crippen LogP contribution is -2.36. The van der Waals surface area contributed by atoms with Gasteiger partial charge in [0, 0.05) is 19.0 Å². The van der Waals surface area contributed by atoms with E-state index < -0.39 is 14.6 Å². The molecule has 0 unspecified atom stereocenters. The van der Waals surface area contributed by atoms with E-state index in [0.717, 1.165) is 19.4 Å². The van der Waals surface area contributed by atoms with Crippen LogP contribution in [0.15, 0.2) is 0 Å². The fourth-order valence-electron chi connectivity index (χ4n) is 1.40. The maximum atomic E-state index is 11.8. The second-order valence-corrected chi connectivity index (χ2v) is 8.87. The molecule has 1 rings (SSSR count). The van der Waals surface area contributed by atoms with Crippen molar-refractivity contribution in [2.45, 2.75) is 38.4 Å². The molecule has 0 amide bonds. The summed E-state index contributed by atoms with van der Waals surface area (Å²) in [5.41, 5.74) is 0.257. The Kier molecular flexibility index (Phi) is 4.30. The van der Waals surface area contributed by atoms with E-state index in [-0.39, 0.29) is 11.2 Å². The zero-order valence-corrected chi connectivity index (χ0v) is 11.9. The van der Waals surface area contributed by atoms with Gasteiger partial charge in [-0.2, -0.15) is 0 Å². The third kappa shape index (κ3) is 3.60. The lowest BCUT2D eigenvalue weighted by atomic mass is 10.1. The summed E-state index contributed by atoms with van der Waals surface area (Å²) in [6, 6.07) is 0. The third-order valence-corrected chi connectivity index (χ3v) is 6.40. The average Bonchev–Trinajstić information content (AvgIpc) is 2.91. The highest BCUT2D eigenvalue weighted by molar-refractivity contribution is 7.92. The summed E-state index contributed by atoms with van der Waals surface area (Å²) in [5, 5.41) is 3.20. The fourth-order valence-corrected chi connectivity index (χ4v) is 2.79. The van der Waals surface area contributed by atoms with Crippen molar-refractivity contribution < 1.29 is 8.42 Å². The van der Waals surface area contributed by atoms with Gasteiger partial charge in [0.2, 0.25) is 0 Å². The molecule has 0 aromatic heterocycles. The molecule has 0 radical (unpaired) electrons. The third-order valence-electron chi connectivity index (χ3n) is 3.22. The lowest BCUT2D eigenvalue weighted by Gasteiger charge is -2.19. The van der Waals surface area contributed by atoms with Gasteiger partial charge in [-0.3, -0.25) is 0 Å². The molecular weight excluding hydrogens is 246 g/mol. The molecule has 1 N–H and O–H groups in total. The Hall–Kier alpha value is 0.200. The van der Waals surface area contributed by atoms with Crippen molar-refractivity contribution >= 4 is 21.4 Å². The molecule has 0 aromatic carbocycles.